The van der Waals surface area contributed by atoms with Gasteiger partial charge in [0.05, 0.1) is 0 Å². The summed E-state index contributed by atoms with van der Waals surface area (Å²) in [7, 11) is 1.86. The van der Waals surface area contributed by atoms with Gasteiger partial charge in [0.25, 0.3) is 0 Å². The van der Waals surface area contributed by atoms with E-state index in [4.69, 9.17) is 0 Å². The molecule has 2 fully saturated rings. The van der Waals surface area contributed by atoms with Gasteiger partial charge >= 0.3 is 0 Å². The zero-order chi connectivity index (χ0) is 17.5. The Bertz CT molecular complexity index is 542. The molecule has 26 heavy (non-hydrogen) atoms. The van der Waals surface area contributed by atoms with E-state index in [0.717, 1.165) is 31.5 Å². The van der Waals surface area contributed by atoms with E-state index in [1.807, 2.05) is 7.05 Å². The number of unbranched alkanes of at least 4 members (excludes halogenated alkanes) is 1. The molecule has 0 radical (unpaired) electrons. The molecular formula is C20H34IN5. The lowest BCUT2D eigenvalue weighted by atomic mass is 10.2. The maximum atomic E-state index is 4.31. The SMILES string of the molecule is CN=C(NCCCCN1CCN(c2ccccc2)CC1)NC1CC1C.I. The van der Waals surface area contributed by atoms with Crippen LogP contribution >= 0.6 is 24.0 Å². The predicted octanol–water partition coefficient (Wildman–Crippen LogP) is 2.78. The summed E-state index contributed by atoms with van der Waals surface area (Å²) in [5.74, 6) is 1.76. The Morgan fingerprint density at radius 2 is 1.81 bits per heavy atom. The quantitative estimate of drug-likeness (QED) is 0.278. The summed E-state index contributed by atoms with van der Waals surface area (Å²) in [5.41, 5.74) is 1.36. The second-order valence-electron chi connectivity index (χ2n) is 7.33. The molecule has 2 aliphatic rings. The monoisotopic (exact) mass is 471 g/mol. The molecule has 1 saturated carbocycles. The van der Waals surface area contributed by atoms with Crippen molar-refractivity contribution in [2.24, 2.45) is 10.9 Å². The minimum atomic E-state index is 0. The number of guanidine groups is 1. The smallest absolute Gasteiger partial charge is 0.191 e. The number of nitrogens with zero attached hydrogens (tertiary/aromatic N) is 3. The van der Waals surface area contributed by atoms with Gasteiger partial charge < -0.3 is 15.5 Å². The summed E-state index contributed by atoms with van der Waals surface area (Å²) >= 11 is 0. The van der Waals surface area contributed by atoms with Gasteiger partial charge in [-0.25, -0.2) is 0 Å². The fourth-order valence-corrected chi connectivity index (χ4v) is 3.43. The minimum Gasteiger partial charge on any atom is -0.369 e. The van der Waals surface area contributed by atoms with Crippen LogP contribution in [0.15, 0.2) is 35.3 Å². The van der Waals surface area contributed by atoms with Crippen LogP contribution in [0.5, 0.6) is 0 Å². The van der Waals surface area contributed by atoms with Crippen LogP contribution in [0.1, 0.15) is 26.2 Å². The fraction of sp³-hybridized carbons (Fsp3) is 0.650. The first kappa shape index (κ1) is 21.3. The van der Waals surface area contributed by atoms with Crippen molar-refractivity contribution in [3.05, 3.63) is 30.3 Å². The maximum absolute atomic E-state index is 4.31. The van der Waals surface area contributed by atoms with Crippen LogP contribution in [0.25, 0.3) is 0 Å². The number of nitrogens with one attached hydrogen (secondary N) is 2. The Morgan fingerprint density at radius 3 is 2.42 bits per heavy atom. The number of anilines is 1. The molecule has 0 bridgehead atoms. The Kier molecular flexibility index (Phi) is 8.98. The number of aliphatic imine (C=N–C) groups is 1. The second-order valence-corrected chi connectivity index (χ2v) is 7.33. The van der Waals surface area contributed by atoms with Crippen LogP contribution in [0.2, 0.25) is 0 Å². The molecular weight excluding hydrogens is 437 g/mol. The van der Waals surface area contributed by atoms with Crippen LogP contribution < -0.4 is 15.5 Å². The lowest BCUT2D eigenvalue weighted by molar-refractivity contribution is 0.253. The summed E-state index contributed by atoms with van der Waals surface area (Å²) < 4.78 is 0. The van der Waals surface area contributed by atoms with Gasteiger partial charge in [-0.3, -0.25) is 9.89 Å². The highest BCUT2D eigenvalue weighted by atomic mass is 127. The van der Waals surface area contributed by atoms with Crippen molar-refractivity contribution in [2.45, 2.75) is 32.2 Å². The molecule has 1 heterocycles. The van der Waals surface area contributed by atoms with Gasteiger partial charge in [0.1, 0.15) is 0 Å². The van der Waals surface area contributed by atoms with Crippen molar-refractivity contribution in [2.75, 3.05) is 51.2 Å². The predicted molar refractivity (Wildman–Crippen MR) is 122 cm³/mol. The number of halogens is 1. The van der Waals surface area contributed by atoms with Crippen LogP contribution in [0.4, 0.5) is 5.69 Å². The number of hydrogen-bond acceptors (Lipinski definition) is 3. The largest absolute Gasteiger partial charge is 0.369 e. The van der Waals surface area contributed by atoms with E-state index in [1.165, 1.54) is 44.6 Å². The first-order valence-corrected chi connectivity index (χ1v) is 9.76. The van der Waals surface area contributed by atoms with Crippen molar-refractivity contribution >= 4 is 35.6 Å². The van der Waals surface area contributed by atoms with E-state index in [-0.39, 0.29) is 24.0 Å². The maximum Gasteiger partial charge on any atom is 0.191 e. The lowest BCUT2D eigenvalue weighted by Crippen LogP contribution is -2.46. The number of hydrogen-bond donors (Lipinski definition) is 2. The van der Waals surface area contributed by atoms with Crippen LogP contribution in [0, 0.1) is 5.92 Å². The van der Waals surface area contributed by atoms with E-state index in [9.17, 15) is 0 Å². The van der Waals surface area contributed by atoms with Gasteiger partial charge in [0.2, 0.25) is 0 Å². The topological polar surface area (TPSA) is 42.9 Å². The average Bonchev–Trinajstić information content (AvgIpc) is 3.36. The fourth-order valence-electron chi connectivity index (χ4n) is 3.43. The van der Waals surface area contributed by atoms with Crippen molar-refractivity contribution in [3.63, 3.8) is 0 Å². The molecule has 1 aromatic rings. The van der Waals surface area contributed by atoms with Gasteiger partial charge in [0.15, 0.2) is 5.96 Å². The molecule has 5 nitrogen and oxygen atoms in total. The van der Waals surface area contributed by atoms with Gasteiger partial charge in [-0.1, -0.05) is 25.1 Å². The molecule has 0 amide bonds. The number of piperazine rings is 1. The van der Waals surface area contributed by atoms with E-state index in [2.05, 4.69) is 62.7 Å². The molecule has 2 atom stereocenters. The van der Waals surface area contributed by atoms with Crippen molar-refractivity contribution in [3.8, 4) is 0 Å². The van der Waals surface area contributed by atoms with Crippen molar-refractivity contribution in [1.82, 2.24) is 15.5 Å². The third-order valence-electron chi connectivity index (χ3n) is 5.34. The van der Waals surface area contributed by atoms with Gasteiger partial charge in [-0.15, -0.1) is 24.0 Å². The Balaban J connectivity index is 0.00000243. The molecule has 146 valence electrons. The molecule has 1 aliphatic carbocycles. The third kappa shape index (κ3) is 6.61. The lowest BCUT2D eigenvalue weighted by Gasteiger charge is -2.36. The number of para-hydroxylation sites is 1. The van der Waals surface area contributed by atoms with Crippen LogP contribution in [-0.2, 0) is 0 Å². The van der Waals surface area contributed by atoms with Gasteiger partial charge in [0, 0.05) is 51.5 Å². The standard InChI is InChI=1S/C20H33N5.HI/c1-17-16-19(17)23-20(21-2)22-10-6-7-11-24-12-14-25(15-13-24)18-8-4-3-5-9-18;/h3-5,8-9,17,19H,6-7,10-16H2,1-2H3,(H2,21,22,23);1H. The minimum absolute atomic E-state index is 0. The third-order valence-corrected chi connectivity index (χ3v) is 5.34. The molecule has 1 saturated heterocycles. The van der Waals surface area contributed by atoms with E-state index >= 15 is 0 Å². The molecule has 3 rings (SSSR count). The molecule has 0 spiro atoms. The highest BCUT2D eigenvalue weighted by Crippen LogP contribution is 2.28. The molecule has 1 aromatic carbocycles. The van der Waals surface area contributed by atoms with Crippen molar-refractivity contribution < 1.29 is 0 Å². The van der Waals surface area contributed by atoms with Crippen LogP contribution in [-0.4, -0.2) is 63.2 Å². The zero-order valence-corrected chi connectivity index (χ0v) is 18.5. The molecule has 0 aromatic heterocycles. The average molecular weight is 471 g/mol. The summed E-state index contributed by atoms with van der Waals surface area (Å²) in [6.45, 7) is 9.11. The van der Waals surface area contributed by atoms with Crippen molar-refractivity contribution in [1.29, 1.82) is 0 Å². The highest BCUT2D eigenvalue weighted by molar-refractivity contribution is 14.0. The van der Waals surface area contributed by atoms with E-state index in [1.54, 1.807) is 0 Å². The summed E-state index contributed by atoms with van der Waals surface area (Å²) in [5, 5.41) is 6.91. The molecule has 2 N–H and O–H groups in total. The second kappa shape index (κ2) is 11.0. The Labute approximate surface area is 175 Å². The zero-order valence-electron chi connectivity index (χ0n) is 16.2. The van der Waals surface area contributed by atoms with Crippen LogP contribution in [0.3, 0.4) is 0 Å². The number of rotatable bonds is 7. The van der Waals surface area contributed by atoms with Gasteiger partial charge in [-0.05, 0) is 43.9 Å². The molecule has 1 aliphatic heterocycles. The normalized spacial score (nSPS) is 23.3. The van der Waals surface area contributed by atoms with Gasteiger partial charge in [-0.2, -0.15) is 0 Å². The highest BCUT2D eigenvalue weighted by Gasteiger charge is 2.33. The van der Waals surface area contributed by atoms with E-state index in [0.29, 0.717) is 6.04 Å². The summed E-state index contributed by atoms with van der Waals surface area (Å²) in [6, 6.07) is 11.4. The number of benzene rings is 1. The molecule has 6 heteroatoms. The Morgan fingerprint density at radius 1 is 1.12 bits per heavy atom. The first-order chi connectivity index (χ1) is 12.3. The summed E-state index contributed by atoms with van der Waals surface area (Å²) in [6.07, 6.45) is 3.71. The Hall–Kier alpha value is -1.02. The van der Waals surface area contributed by atoms with E-state index < -0.39 is 0 Å². The summed E-state index contributed by atoms with van der Waals surface area (Å²) in [4.78, 5) is 9.39. The molecule has 2 unspecified atom stereocenters. The first-order valence-electron chi connectivity index (χ1n) is 9.76.